The minimum atomic E-state index is 0.543. The summed E-state index contributed by atoms with van der Waals surface area (Å²) in [7, 11) is 0. The van der Waals surface area contributed by atoms with Crippen LogP contribution in [0, 0.1) is 0 Å². The Morgan fingerprint density at radius 1 is 1.23 bits per heavy atom. The van der Waals surface area contributed by atoms with Gasteiger partial charge in [0.2, 0.25) is 0 Å². The van der Waals surface area contributed by atoms with Gasteiger partial charge in [-0.05, 0) is 11.5 Å². The molecule has 0 unspecified atom stereocenters. The monoisotopic (exact) mass is 209 g/mol. The molecule has 0 spiro atoms. The topological polar surface area (TPSA) is 12.9 Å². The highest BCUT2D eigenvalue weighted by atomic mass is 35.5. The predicted molar refractivity (Wildman–Crippen MR) is 58.3 cm³/mol. The lowest BCUT2D eigenvalue weighted by molar-refractivity contribution is 1.18. The van der Waals surface area contributed by atoms with E-state index in [1.54, 1.807) is 11.8 Å². The van der Waals surface area contributed by atoms with Crippen LogP contribution >= 0.6 is 23.4 Å². The Morgan fingerprint density at radius 3 is 2.92 bits per heavy atom. The lowest BCUT2D eigenvalue weighted by Crippen LogP contribution is -1.81. The molecule has 0 radical (unpaired) electrons. The first kappa shape index (κ1) is 8.85. The van der Waals surface area contributed by atoms with Crippen molar-refractivity contribution in [2.24, 2.45) is 0 Å². The summed E-state index contributed by atoms with van der Waals surface area (Å²) < 4.78 is 0. The number of halogens is 1. The van der Waals surface area contributed by atoms with Crippen molar-refractivity contribution in [1.29, 1.82) is 0 Å². The molecule has 1 aromatic heterocycles. The molecule has 0 amide bonds. The van der Waals surface area contributed by atoms with E-state index >= 15 is 0 Å². The van der Waals surface area contributed by atoms with E-state index in [-0.39, 0.29) is 0 Å². The molecule has 1 nitrogen and oxygen atoms in total. The fraction of sp³-hybridized carbons (Fsp3) is 0.100. The summed E-state index contributed by atoms with van der Waals surface area (Å²) in [5.41, 5.74) is 0. The Hall–Kier alpha value is -0.730. The zero-order chi connectivity index (χ0) is 9.10. The van der Waals surface area contributed by atoms with Gasteiger partial charge < -0.3 is 0 Å². The van der Waals surface area contributed by atoms with Gasteiger partial charge in [-0.15, -0.1) is 11.6 Å². The van der Waals surface area contributed by atoms with Crippen molar-refractivity contribution in [2.75, 3.05) is 5.21 Å². The summed E-state index contributed by atoms with van der Waals surface area (Å²) in [6, 6.07) is 10.2. The zero-order valence-electron chi connectivity index (χ0n) is 6.90. The standard InChI is InChI=1S/C10H8ClNS/c11-7-13-10-9-4-2-1-3-8(9)5-6-12-10/h1-6H,7H2. The number of fused-ring (bicyclic) bond motifs is 1. The average Bonchev–Trinajstić information content (AvgIpc) is 2.19. The van der Waals surface area contributed by atoms with Gasteiger partial charge in [0.15, 0.2) is 0 Å². The second-order valence-electron chi connectivity index (χ2n) is 2.59. The Kier molecular flexibility index (Phi) is 2.71. The van der Waals surface area contributed by atoms with Crippen LogP contribution in [0.4, 0.5) is 0 Å². The third-order valence-electron chi connectivity index (χ3n) is 1.83. The zero-order valence-corrected chi connectivity index (χ0v) is 8.48. The quantitative estimate of drug-likeness (QED) is 0.555. The fourth-order valence-electron chi connectivity index (χ4n) is 1.26. The molecule has 0 saturated carbocycles. The normalized spacial score (nSPS) is 10.5. The largest absolute Gasteiger partial charge is 0.249 e. The van der Waals surface area contributed by atoms with Crippen molar-refractivity contribution in [1.82, 2.24) is 4.98 Å². The lowest BCUT2D eigenvalue weighted by Gasteiger charge is -2.01. The van der Waals surface area contributed by atoms with Gasteiger partial charge >= 0.3 is 0 Å². The van der Waals surface area contributed by atoms with Gasteiger partial charge in [0, 0.05) is 11.6 Å². The number of nitrogens with zero attached hydrogens (tertiary/aromatic N) is 1. The highest BCUT2D eigenvalue weighted by Gasteiger charge is 2.00. The molecule has 0 aliphatic heterocycles. The molecule has 1 aromatic carbocycles. The molecule has 0 aliphatic carbocycles. The van der Waals surface area contributed by atoms with Crippen molar-refractivity contribution in [3.63, 3.8) is 0 Å². The average molecular weight is 210 g/mol. The number of thioether (sulfide) groups is 1. The van der Waals surface area contributed by atoms with E-state index in [2.05, 4.69) is 17.1 Å². The van der Waals surface area contributed by atoms with E-state index in [9.17, 15) is 0 Å². The van der Waals surface area contributed by atoms with Crippen molar-refractivity contribution < 1.29 is 0 Å². The maximum atomic E-state index is 5.66. The summed E-state index contributed by atoms with van der Waals surface area (Å²) in [5.74, 6) is 0. The Balaban J connectivity index is 2.61. The van der Waals surface area contributed by atoms with Gasteiger partial charge in [-0.25, -0.2) is 4.98 Å². The number of alkyl halides is 1. The molecule has 0 aliphatic rings. The Morgan fingerprint density at radius 2 is 2.08 bits per heavy atom. The summed E-state index contributed by atoms with van der Waals surface area (Å²) in [5, 5.41) is 3.94. The van der Waals surface area contributed by atoms with Gasteiger partial charge in [0.1, 0.15) is 5.03 Å². The van der Waals surface area contributed by atoms with Crippen LogP contribution in [-0.4, -0.2) is 10.2 Å². The number of hydrogen-bond donors (Lipinski definition) is 0. The molecule has 0 bridgehead atoms. The first-order valence-corrected chi connectivity index (χ1v) is 5.46. The summed E-state index contributed by atoms with van der Waals surface area (Å²) in [6.45, 7) is 0. The summed E-state index contributed by atoms with van der Waals surface area (Å²) in [4.78, 5) is 4.28. The van der Waals surface area contributed by atoms with Gasteiger partial charge in [-0.3, -0.25) is 0 Å². The molecule has 1 heterocycles. The van der Waals surface area contributed by atoms with Crippen LogP contribution in [0.25, 0.3) is 10.8 Å². The van der Waals surface area contributed by atoms with Crippen molar-refractivity contribution in [2.45, 2.75) is 5.03 Å². The molecule has 0 saturated heterocycles. The second-order valence-corrected chi connectivity index (χ2v) is 4.14. The minimum absolute atomic E-state index is 0.543. The minimum Gasteiger partial charge on any atom is -0.249 e. The number of aromatic nitrogens is 1. The van der Waals surface area contributed by atoms with Gasteiger partial charge in [-0.1, -0.05) is 36.0 Å². The molecule has 0 atom stereocenters. The summed E-state index contributed by atoms with van der Waals surface area (Å²) >= 11 is 7.22. The molecular weight excluding hydrogens is 202 g/mol. The van der Waals surface area contributed by atoms with Gasteiger partial charge in [0.25, 0.3) is 0 Å². The van der Waals surface area contributed by atoms with Crippen molar-refractivity contribution in [3.05, 3.63) is 36.5 Å². The van der Waals surface area contributed by atoms with Crippen LogP contribution in [0.3, 0.4) is 0 Å². The molecule has 66 valence electrons. The smallest absolute Gasteiger partial charge is 0.105 e. The molecule has 0 N–H and O–H groups in total. The van der Waals surface area contributed by atoms with Crippen LogP contribution < -0.4 is 0 Å². The van der Waals surface area contributed by atoms with Crippen LogP contribution in [0.2, 0.25) is 0 Å². The molecule has 2 aromatic rings. The number of benzene rings is 1. The van der Waals surface area contributed by atoms with Crippen LogP contribution in [0.5, 0.6) is 0 Å². The van der Waals surface area contributed by atoms with Crippen LogP contribution in [0.1, 0.15) is 0 Å². The number of pyridine rings is 1. The molecule has 3 heteroatoms. The fourth-order valence-corrected chi connectivity index (χ4v) is 2.15. The number of hydrogen-bond acceptors (Lipinski definition) is 2. The van der Waals surface area contributed by atoms with Crippen LogP contribution in [0.15, 0.2) is 41.6 Å². The van der Waals surface area contributed by atoms with Crippen LogP contribution in [-0.2, 0) is 0 Å². The summed E-state index contributed by atoms with van der Waals surface area (Å²) in [6.07, 6.45) is 1.82. The molecule has 13 heavy (non-hydrogen) atoms. The second kappa shape index (κ2) is 3.99. The third-order valence-corrected chi connectivity index (χ3v) is 2.86. The van der Waals surface area contributed by atoms with Gasteiger partial charge in [0.05, 0.1) is 5.21 Å². The SMILES string of the molecule is ClCSc1nccc2ccccc12. The predicted octanol–water partition coefficient (Wildman–Crippen LogP) is 3.52. The van der Waals surface area contributed by atoms with E-state index in [0.717, 1.165) is 5.03 Å². The third kappa shape index (κ3) is 1.79. The van der Waals surface area contributed by atoms with E-state index in [4.69, 9.17) is 11.6 Å². The maximum absolute atomic E-state index is 5.66. The Labute approximate surface area is 86.1 Å². The van der Waals surface area contributed by atoms with Crippen molar-refractivity contribution in [3.8, 4) is 0 Å². The first-order chi connectivity index (χ1) is 6.42. The highest BCUT2D eigenvalue weighted by molar-refractivity contribution is 8.00. The van der Waals surface area contributed by atoms with Gasteiger partial charge in [-0.2, -0.15) is 0 Å². The van der Waals surface area contributed by atoms with E-state index < -0.39 is 0 Å². The highest BCUT2D eigenvalue weighted by Crippen LogP contribution is 2.25. The van der Waals surface area contributed by atoms with E-state index in [1.165, 1.54) is 10.8 Å². The number of rotatable bonds is 2. The molecular formula is C10H8ClNS. The first-order valence-electron chi connectivity index (χ1n) is 3.94. The molecule has 2 rings (SSSR count). The van der Waals surface area contributed by atoms with E-state index in [1.807, 2.05) is 24.4 Å². The molecule has 0 fully saturated rings. The lowest BCUT2D eigenvalue weighted by atomic mass is 10.2. The maximum Gasteiger partial charge on any atom is 0.105 e. The van der Waals surface area contributed by atoms with E-state index in [0.29, 0.717) is 5.21 Å². The van der Waals surface area contributed by atoms with Crippen molar-refractivity contribution >= 4 is 34.1 Å². The Bertz CT molecular complexity index is 411.